The minimum absolute atomic E-state index is 0.201. The zero-order chi connectivity index (χ0) is 18.6. The monoisotopic (exact) mass is 372 g/mol. The number of aromatic nitrogens is 1. The number of hydrogen-bond donors (Lipinski definition) is 3. The van der Waals surface area contributed by atoms with Crippen molar-refractivity contribution >= 4 is 16.8 Å². The summed E-state index contributed by atoms with van der Waals surface area (Å²) in [5, 5.41) is 12.8. The summed E-state index contributed by atoms with van der Waals surface area (Å²) in [6.45, 7) is 6.40. The van der Waals surface area contributed by atoms with Crippen LogP contribution in [0.3, 0.4) is 0 Å². The second kappa shape index (κ2) is 8.29. The lowest BCUT2D eigenvalue weighted by atomic mass is 9.80. The summed E-state index contributed by atoms with van der Waals surface area (Å²) in [6.07, 6.45) is 2.19. The van der Waals surface area contributed by atoms with E-state index >= 15 is 0 Å². The molecule has 4 N–H and O–H groups in total. The van der Waals surface area contributed by atoms with E-state index in [9.17, 15) is 4.21 Å². The topological polar surface area (TPSA) is 80.0 Å². The third-order valence-electron chi connectivity index (χ3n) is 5.10. The van der Waals surface area contributed by atoms with Crippen LogP contribution in [0, 0.1) is 5.92 Å². The van der Waals surface area contributed by atoms with Crippen molar-refractivity contribution in [3.8, 4) is 0 Å². The molecule has 1 aromatic carbocycles. The fraction of sp³-hybridized carbons (Fsp3) is 0.450. The van der Waals surface area contributed by atoms with Gasteiger partial charge in [0.25, 0.3) is 0 Å². The van der Waals surface area contributed by atoms with Gasteiger partial charge < -0.3 is 10.6 Å². The molecule has 1 aliphatic heterocycles. The highest BCUT2D eigenvalue weighted by Crippen LogP contribution is 2.37. The normalized spacial score (nSPS) is 21.3. The molecule has 0 aliphatic carbocycles. The van der Waals surface area contributed by atoms with Gasteiger partial charge >= 0.3 is 0 Å². The highest BCUT2D eigenvalue weighted by Gasteiger charge is 2.35. The van der Waals surface area contributed by atoms with E-state index in [4.69, 9.17) is 5.14 Å². The van der Waals surface area contributed by atoms with E-state index < -0.39 is 11.0 Å². The van der Waals surface area contributed by atoms with Crippen LogP contribution in [-0.2, 0) is 11.0 Å². The Morgan fingerprint density at radius 3 is 2.69 bits per heavy atom. The highest BCUT2D eigenvalue weighted by atomic mass is 32.2. The van der Waals surface area contributed by atoms with Gasteiger partial charge in [-0.3, -0.25) is 0 Å². The van der Waals surface area contributed by atoms with Gasteiger partial charge in [-0.05, 0) is 62.8 Å². The molecule has 26 heavy (non-hydrogen) atoms. The minimum atomic E-state index is -1.55. The van der Waals surface area contributed by atoms with Crippen molar-refractivity contribution in [1.82, 2.24) is 10.3 Å². The molecule has 0 amide bonds. The van der Waals surface area contributed by atoms with Crippen molar-refractivity contribution in [2.24, 2.45) is 11.1 Å². The van der Waals surface area contributed by atoms with Gasteiger partial charge in [-0.15, -0.1) is 0 Å². The van der Waals surface area contributed by atoms with Crippen LogP contribution in [0.5, 0.6) is 0 Å². The Morgan fingerprint density at radius 2 is 2.04 bits per heavy atom. The summed E-state index contributed by atoms with van der Waals surface area (Å²) in [6, 6.07) is 16.1. The molecule has 0 saturated carbocycles. The summed E-state index contributed by atoms with van der Waals surface area (Å²) in [5.41, 5.74) is 1.59. The standard InChI is InChI=1S/C20H28N4OS/c1-20(2)13-16(14-23-20)17(15-7-4-3-5-8-15)11-12-22-18-9-6-10-19(24-18)26(21)25/h3-10,16-17,23H,11-14,21H2,1-2H3,(H,22,24). The van der Waals surface area contributed by atoms with Crippen molar-refractivity contribution in [2.45, 2.75) is 43.2 Å². The molecule has 0 spiro atoms. The summed E-state index contributed by atoms with van der Waals surface area (Å²) >= 11 is 0. The Morgan fingerprint density at radius 1 is 1.27 bits per heavy atom. The van der Waals surface area contributed by atoms with Crippen LogP contribution in [0.25, 0.3) is 0 Å². The van der Waals surface area contributed by atoms with Crippen molar-refractivity contribution in [1.29, 1.82) is 0 Å². The number of benzene rings is 1. The van der Waals surface area contributed by atoms with Gasteiger partial charge in [-0.25, -0.2) is 14.3 Å². The third-order valence-corrected chi connectivity index (χ3v) is 5.74. The molecule has 1 aromatic heterocycles. The summed E-state index contributed by atoms with van der Waals surface area (Å²) in [4.78, 5) is 4.31. The number of nitrogens with one attached hydrogen (secondary N) is 2. The maximum atomic E-state index is 11.4. The number of rotatable bonds is 7. The molecular weight excluding hydrogens is 344 g/mol. The zero-order valence-corrected chi connectivity index (χ0v) is 16.3. The van der Waals surface area contributed by atoms with Crippen molar-refractivity contribution in [3.63, 3.8) is 0 Å². The van der Waals surface area contributed by atoms with Crippen molar-refractivity contribution in [2.75, 3.05) is 18.4 Å². The van der Waals surface area contributed by atoms with E-state index in [-0.39, 0.29) is 5.54 Å². The van der Waals surface area contributed by atoms with Crippen LogP contribution in [0.4, 0.5) is 5.82 Å². The first-order valence-electron chi connectivity index (χ1n) is 9.12. The molecule has 140 valence electrons. The van der Waals surface area contributed by atoms with Crippen molar-refractivity contribution in [3.05, 3.63) is 54.1 Å². The second-order valence-electron chi connectivity index (χ2n) is 7.62. The molecule has 2 heterocycles. The molecule has 3 unspecified atom stereocenters. The molecule has 2 aromatic rings. The quantitative estimate of drug-likeness (QED) is 0.698. The summed E-state index contributed by atoms with van der Waals surface area (Å²) in [5.74, 6) is 1.83. The fourth-order valence-electron chi connectivity index (χ4n) is 3.85. The van der Waals surface area contributed by atoms with Gasteiger partial charge in [0.2, 0.25) is 0 Å². The number of nitrogens with zero attached hydrogens (tertiary/aromatic N) is 1. The maximum Gasteiger partial charge on any atom is 0.144 e. The lowest BCUT2D eigenvalue weighted by Crippen LogP contribution is -2.31. The molecule has 3 rings (SSSR count). The Hall–Kier alpha value is -1.76. The van der Waals surface area contributed by atoms with Crippen LogP contribution < -0.4 is 15.8 Å². The van der Waals surface area contributed by atoms with Crippen LogP contribution in [0.15, 0.2) is 53.6 Å². The summed E-state index contributed by atoms with van der Waals surface area (Å²) in [7, 11) is -1.55. The maximum absolute atomic E-state index is 11.4. The Balaban J connectivity index is 1.67. The molecule has 0 bridgehead atoms. The van der Waals surface area contributed by atoms with Crippen LogP contribution >= 0.6 is 0 Å². The molecular formula is C20H28N4OS. The molecule has 1 saturated heterocycles. The van der Waals surface area contributed by atoms with Crippen LogP contribution in [0.2, 0.25) is 0 Å². The van der Waals surface area contributed by atoms with Crippen LogP contribution in [0.1, 0.15) is 38.2 Å². The first-order valence-corrected chi connectivity index (χ1v) is 10.3. The van der Waals surface area contributed by atoms with Gasteiger partial charge in [0.15, 0.2) is 0 Å². The average Bonchev–Trinajstić information content (AvgIpc) is 2.99. The van der Waals surface area contributed by atoms with Crippen molar-refractivity contribution < 1.29 is 4.21 Å². The van der Waals surface area contributed by atoms with Gasteiger partial charge in [-0.2, -0.15) is 0 Å². The van der Waals surface area contributed by atoms with E-state index in [0.717, 1.165) is 25.3 Å². The number of anilines is 1. The van der Waals surface area contributed by atoms with Crippen LogP contribution in [-0.4, -0.2) is 27.8 Å². The van der Waals surface area contributed by atoms with E-state index in [1.165, 1.54) is 12.0 Å². The third kappa shape index (κ3) is 4.90. The van der Waals surface area contributed by atoms with Gasteiger partial charge in [0, 0.05) is 12.1 Å². The Bertz CT molecular complexity index is 750. The first kappa shape index (κ1) is 19.0. The van der Waals surface area contributed by atoms with Gasteiger partial charge in [0.05, 0.1) is 0 Å². The fourth-order valence-corrected chi connectivity index (χ4v) is 4.25. The number of pyridine rings is 1. The number of nitrogens with two attached hydrogens (primary N) is 1. The second-order valence-corrected chi connectivity index (χ2v) is 8.63. The van der Waals surface area contributed by atoms with E-state index in [0.29, 0.717) is 16.9 Å². The smallest absolute Gasteiger partial charge is 0.144 e. The molecule has 6 heteroatoms. The van der Waals surface area contributed by atoms with Gasteiger partial charge in [-0.1, -0.05) is 36.4 Å². The Kier molecular flexibility index (Phi) is 6.06. The first-order chi connectivity index (χ1) is 12.4. The average molecular weight is 373 g/mol. The minimum Gasteiger partial charge on any atom is -0.370 e. The predicted molar refractivity (Wildman–Crippen MR) is 107 cm³/mol. The predicted octanol–water partition coefficient (Wildman–Crippen LogP) is 3.04. The highest BCUT2D eigenvalue weighted by molar-refractivity contribution is 7.82. The number of hydrogen-bond acceptors (Lipinski definition) is 4. The zero-order valence-electron chi connectivity index (χ0n) is 15.4. The SMILES string of the molecule is CC1(C)CC(C(CCNc2cccc(S(N)=O)n2)c2ccccc2)CN1. The Labute approximate surface area is 158 Å². The molecule has 0 radical (unpaired) electrons. The molecule has 5 nitrogen and oxygen atoms in total. The largest absolute Gasteiger partial charge is 0.370 e. The van der Waals surface area contributed by atoms with Gasteiger partial charge in [0.1, 0.15) is 21.8 Å². The molecule has 1 aliphatic rings. The van der Waals surface area contributed by atoms with E-state index in [1.54, 1.807) is 6.07 Å². The molecule has 1 fully saturated rings. The summed E-state index contributed by atoms with van der Waals surface area (Å²) < 4.78 is 11.4. The van der Waals surface area contributed by atoms with E-state index in [1.807, 2.05) is 12.1 Å². The lowest BCUT2D eigenvalue weighted by molar-refractivity contribution is 0.398. The van der Waals surface area contributed by atoms with E-state index in [2.05, 4.69) is 59.8 Å². The lowest BCUT2D eigenvalue weighted by Gasteiger charge is -2.25. The molecule has 3 atom stereocenters.